The molecule has 0 saturated carbocycles. The first kappa shape index (κ1) is 25.5. The van der Waals surface area contributed by atoms with Gasteiger partial charge in [-0.2, -0.15) is 0 Å². The molecule has 0 aliphatic carbocycles. The van der Waals surface area contributed by atoms with Gasteiger partial charge in [-0.15, -0.1) is 0 Å². The number of hydrogen-bond donors (Lipinski definition) is 1. The number of hydrogen-bond acceptors (Lipinski definition) is 4. The van der Waals surface area contributed by atoms with E-state index in [1.807, 2.05) is 49.3 Å². The predicted molar refractivity (Wildman–Crippen MR) is 141 cm³/mol. The molecule has 1 aliphatic rings. The summed E-state index contributed by atoms with van der Waals surface area (Å²) in [5.41, 5.74) is 1.99. The first-order valence-electron chi connectivity index (χ1n) is 11.6. The monoisotopic (exact) mass is 569 g/mol. The zero-order valence-corrected chi connectivity index (χ0v) is 22.6. The van der Waals surface area contributed by atoms with E-state index in [2.05, 4.69) is 42.5 Å². The Hall–Kier alpha value is -1.12. The van der Waals surface area contributed by atoms with Crippen molar-refractivity contribution in [3.05, 3.63) is 57.2 Å². The Kier molecular flexibility index (Phi) is 8.31. The van der Waals surface area contributed by atoms with Crippen molar-refractivity contribution in [1.29, 1.82) is 0 Å². The molecule has 1 N–H and O–H groups in total. The van der Waals surface area contributed by atoms with Crippen LogP contribution in [-0.4, -0.2) is 39.5 Å². The number of halogens is 1. The number of aliphatic hydroxyl groups excluding tert-OH is 1. The highest BCUT2D eigenvalue weighted by Crippen LogP contribution is 2.50. The van der Waals surface area contributed by atoms with Crippen molar-refractivity contribution in [3.63, 3.8) is 0 Å². The fraction of sp³-hybridized carbons (Fsp3) is 0.538. The lowest BCUT2D eigenvalue weighted by Crippen LogP contribution is -2.43. The zero-order valence-electron chi connectivity index (χ0n) is 19.6. The van der Waals surface area contributed by atoms with Crippen molar-refractivity contribution < 1.29 is 13.5 Å². The van der Waals surface area contributed by atoms with E-state index in [1.165, 1.54) is 0 Å². The van der Waals surface area contributed by atoms with Crippen LogP contribution in [0.4, 0.5) is 5.69 Å². The van der Waals surface area contributed by atoms with Crippen molar-refractivity contribution >= 4 is 38.1 Å². The normalized spacial score (nSPS) is 21.6. The zero-order chi connectivity index (χ0) is 23.5. The van der Waals surface area contributed by atoms with Gasteiger partial charge in [0.2, 0.25) is 0 Å². The number of anilines is 1. The van der Waals surface area contributed by atoms with Crippen LogP contribution >= 0.6 is 22.6 Å². The molecular formula is C26H36INO3S. The van der Waals surface area contributed by atoms with Crippen LogP contribution < -0.4 is 4.90 Å². The first-order valence-corrected chi connectivity index (χ1v) is 14.4. The van der Waals surface area contributed by atoms with E-state index in [1.54, 1.807) is 6.07 Å². The van der Waals surface area contributed by atoms with Crippen molar-refractivity contribution in [2.45, 2.75) is 69.3 Å². The summed E-state index contributed by atoms with van der Waals surface area (Å²) >= 11 is 2.29. The molecule has 6 heteroatoms. The van der Waals surface area contributed by atoms with Gasteiger partial charge in [0, 0.05) is 34.7 Å². The molecule has 0 fully saturated rings. The van der Waals surface area contributed by atoms with E-state index in [9.17, 15) is 13.5 Å². The largest absolute Gasteiger partial charge is 0.392 e. The summed E-state index contributed by atoms with van der Waals surface area (Å²) in [5, 5.41) is 12.1. The van der Waals surface area contributed by atoms with E-state index in [0.717, 1.165) is 58.9 Å². The number of sulfone groups is 1. The summed E-state index contributed by atoms with van der Waals surface area (Å²) < 4.78 is 28.6. The lowest BCUT2D eigenvalue weighted by atomic mass is 9.68. The number of aliphatic hydroxyl groups is 1. The number of benzene rings is 2. The van der Waals surface area contributed by atoms with E-state index < -0.39 is 21.4 Å². The van der Waals surface area contributed by atoms with Gasteiger partial charge in [-0.05, 0) is 76.9 Å². The van der Waals surface area contributed by atoms with Crippen LogP contribution in [0.2, 0.25) is 0 Å². The second kappa shape index (κ2) is 10.4. The summed E-state index contributed by atoms with van der Waals surface area (Å²) in [7, 11) is 0.356. The third-order valence-corrected chi connectivity index (χ3v) is 9.53. The summed E-state index contributed by atoms with van der Waals surface area (Å²) in [4.78, 5) is 2.36. The molecule has 1 heterocycles. The summed E-state index contributed by atoms with van der Waals surface area (Å²) in [6.07, 6.45) is 4.45. The van der Waals surface area contributed by atoms with Crippen LogP contribution in [0.1, 0.15) is 69.4 Å². The molecule has 176 valence electrons. The minimum absolute atomic E-state index is 0.00982. The molecule has 0 saturated heterocycles. The van der Waals surface area contributed by atoms with Crippen molar-refractivity contribution in [2.24, 2.45) is 5.41 Å². The SMILES string of the molecule is CCCCC1(CCCC)CS(=O)(=O)c2ccc(N(C)C)cc2C(c2cccc(I)c2)C1O. The highest BCUT2D eigenvalue weighted by atomic mass is 127. The van der Waals surface area contributed by atoms with Gasteiger partial charge >= 0.3 is 0 Å². The van der Waals surface area contributed by atoms with Crippen LogP contribution in [0.3, 0.4) is 0 Å². The van der Waals surface area contributed by atoms with Gasteiger partial charge in [-0.3, -0.25) is 0 Å². The molecule has 0 radical (unpaired) electrons. The van der Waals surface area contributed by atoms with E-state index in [-0.39, 0.29) is 11.7 Å². The topological polar surface area (TPSA) is 57.6 Å². The van der Waals surface area contributed by atoms with E-state index in [0.29, 0.717) is 4.90 Å². The van der Waals surface area contributed by atoms with Gasteiger partial charge in [-0.25, -0.2) is 8.42 Å². The third-order valence-electron chi connectivity index (χ3n) is 6.86. The Balaban J connectivity index is 2.31. The Bertz CT molecular complexity index is 1030. The minimum Gasteiger partial charge on any atom is -0.392 e. The van der Waals surface area contributed by atoms with Crippen molar-refractivity contribution in [3.8, 4) is 0 Å². The molecule has 0 spiro atoms. The molecule has 32 heavy (non-hydrogen) atoms. The molecule has 0 bridgehead atoms. The molecule has 2 atom stereocenters. The maximum Gasteiger partial charge on any atom is 0.179 e. The smallest absolute Gasteiger partial charge is 0.179 e. The average Bonchev–Trinajstić information content (AvgIpc) is 2.82. The molecule has 3 rings (SSSR count). The number of rotatable bonds is 8. The molecule has 2 unspecified atom stereocenters. The fourth-order valence-corrected chi connectivity index (χ4v) is 7.85. The fourth-order valence-electron chi connectivity index (χ4n) is 5.09. The second-order valence-corrected chi connectivity index (χ2v) is 12.6. The second-order valence-electron chi connectivity index (χ2n) is 9.42. The molecule has 4 nitrogen and oxygen atoms in total. The predicted octanol–water partition coefficient (Wildman–Crippen LogP) is 6.00. The van der Waals surface area contributed by atoms with Crippen LogP contribution in [-0.2, 0) is 9.84 Å². The summed E-state index contributed by atoms with van der Waals surface area (Å²) in [6.45, 7) is 4.25. The van der Waals surface area contributed by atoms with Gasteiger partial charge in [0.15, 0.2) is 9.84 Å². The highest BCUT2D eigenvalue weighted by molar-refractivity contribution is 14.1. The van der Waals surface area contributed by atoms with Gasteiger partial charge in [0.1, 0.15) is 0 Å². The van der Waals surface area contributed by atoms with Gasteiger partial charge in [0.05, 0.1) is 16.8 Å². The third kappa shape index (κ3) is 5.17. The maximum atomic E-state index is 13.8. The highest BCUT2D eigenvalue weighted by Gasteiger charge is 2.49. The Labute approximate surface area is 207 Å². The minimum atomic E-state index is -3.55. The van der Waals surface area contributed by atoms with Crippen LogP contribution in [0, 0.1) is 8.99 Å². The molecule has 2 aromatic carbocycles. The summed E-state index contributed by atoms with van der Waals surface area (Å²) in [6, 6.07) is 13.7. The molecule has 0 amide bonds. The Morgan fingerprint density at radius 2 is 1.72 bits per heavy atom. The Morgan fingerprint density at radius 1 is 1.06 bits per heavy atom. The average molecular weight is 570 g/mol. The van der Waals surface area contributed by atoms with Crippen LogP contribution in [0.5, 0.6) is 0 Å². The number of unbranched alkanes of at least 4 members (excludes halogenated alkanes) is 2. The van der Waals surface area contributed by atoms with Crippen LogP contribution in [0.15, 0.2) is 47.4 Å². The number of nitrogens with zero attached hydrogens (tertiary/aromatic N) is 1. The molecular weight excluding hydrogens is 533 g/mol. The van der Waals surface area contributed by atoms with Gasteiger partial charge in [0.25, 0.3) is 0 Å². The lowest BCUT2D eigenvalue weighted by Gasteiger charge is -2.40. The first-order chi connectivity index (χ1) is 15.1. The van der Waals surface area contributed by atoms with Crippen molar-refractivity contribution in [2.75, 3.05) is 24.7 Å². The summed E-state index contributed by atoms with van der Waals surface area (Å²) in [5.74, 6) is -0.374. The Morgan fingerprint density at radius 3 is 2.28 bits per heavy atom. The molecule has 2 aromatic rings. The number of fused-ring (bicyclic) bond motifs is 1. The van der Waals surface area contributed by atoms with Gasteiger partial charge < -0.3 is 10.0 Å². The molecule has 0 aromatic heterocycles. The maximum absolute atomic E-state index is 13.8. The van der Waals surface area contributed by atoms with Crippen LogP contribution in [0.25, 0.3) is 0 Å². The lowest BCUT2D eigenvalue weighted by molar-refractivity contribution is 0.0127. The quantitative estimate of drug-likeness (QED) is 0.396. The molecule has 1 aliphatic heterocycles. The van der Waals surface area contributed by atoms with E-state index >= 15 is 0 Å². The standard InChI is InChI=1S/C26H36INO3S/c1-5-7-14-26(15-8-6-2)18-32(30,31)23-13-12-21(28(3)4)17-22(23)24(25(26)29)19-10-9-11-20(27)16-19/h9-13,16-17,24-25,29H,5-8,14-15,18H2,1-4H3. The van der Waals surface area contributed by atoms with Crippen molar-refractivity contribution in [1.82, 2.24) is 0 Å². The van der Waals surface area contributed by atoms with E-state index in [4.69, 9.17) is 0 Å². The van der Waals surface area contributed by atoms with Gasteiger partial charge in [-0.1, -0.05) is 51.7 Å².